The van der Waals surface area contributed by atoms with E-state index in [0.29, 0.717) is 11.9 Å². The van der Waals surface area contributed by atoms with E-state index in [9.17, 15) is 4.79 Å². The van der Waals surface area contributed by atoms with Crippen molar-refractivity contribution in [3.05, 3.63) is 30.1 Å². The first-order valence-corrected chi connectivity index (χ1v) is 9.67. The summed E-state index contributed by atoms with van der Waals surface area (Å²) in [5.41, 5.74) is 2.27. The van der Waals surface area contributed by atoms with E-state index in [0.717, 1.165) is 56.8 Å². The third kappa shape index (κ3) is 2.95. The van der Waals surface area contributed by atoms with E-state index in [1.54, 1.807) is 0 Å². The minimum atomic E-state index is -0.0474. The Morgan fingerprint density at radius 2 is 2.12 bits per heavy atom. The van der Waals surface area contributed by atoms with Gasteiger partial charge in [0.15, 0.2) is 0 Å². The van der Waals surface area contributed by atoms with Crippen LogP contribution in [-0.2, 0) is 17.9 Å². The molecule has 2 fully saturated rings. The molecule has 3 heterocycles. The molecule has 0 spiro atoms. The summed E-state index contributed by atoms with van der Waals surface area (Å²) >= 11 is 0. The maximum absolute atomic E-state index is 12.7. The number of benzene rings is 1. The van der Waals surface area contributed by atoms with E-state index in [1.807, 2.05) is 6.07 Å². The van der Waals surface area contributed by atoms with Crippen LogP contribution in [0.2, 0.25) is 0 Å². The molecule has 2 aromatic rings. The molecule has 1 aromatic heterocycles. The molecule has 134 valence electrons. The van der Waals surface area contributed by atoms with Gasteiger partial charge in [0.25, 0.3) is 0 Å². The van der Waals surface area contributed by atoms with Gasteiger partial charge in [0, 0.05) is 25.7 Å². The van der Waals surface area contributed by atoms with Gasteiger partial charge in [0.2, 0.25) is 5.91 Å². The van der Waals surface area contributed by atoms with E-state index in [1.165, 1.54) is 11.9 Å². The fourth-order valence-electron chi connectivity index (χ4n) is 4.34. The number of aryl methyl sites for hydroxylation is 1. The molecule has 25 heavy (non-hydrogen) atoms. The normalized spacial score (nSPS) is 24.2. The van der Waals surface area contributed by atoms with Crippen molar-refractivity contribution in [1.29, 1.82) is 0 Å². The Hall–Kier alpha value is -1.88. The lowest BCUT2D eigenvalue weighted by molar-refractivity contribution is -0.143. The molecule has 2 aliphatic heterocycles. The lowest BCUT2D eigenvalue weighted by Crippen LogP contribution is -2.58. The SMILES string of the molecule is CCCCn1c(CN2C[C@H]3CCCN3C(=O)[C@H]2C)nc2ccccc21. The van der Waals surface area contributed by atoms with Crippen molar-refractivity contribution >= 4 is 16.9 Å². The monoisotopic (exact) mass is 340 g/mol. The van der Waals surface area contributed by atoms with Gasteiger partial charge in [-0.3, -0.25) is 9.69 Å². The Bertz CT molecular complexity index is 768. The summed E-state index contributed by atoms with van der Waals surface area (Å²) in [6, 6.07) is 8.73. The lowest BCUT2D eigenvalue weighted by Gasteiger charge is -2.41. The van der Waals surface area contributed by atoms with Crippen LogP contribution in [0.25, 0.3) is 11.0 Å². The first-order valence-electron chi connectivity index (χ1n) is 9.67. The number of hydrogen-bond donors (Lipinski definition) is 0. The molecule has 5 nitrogen and oxygen atoms in total. The van der Waals surface area contributed by atoms with Crippen LogP contribution < -0.4 is 0 Å². The highest BCUT2D eigenvalue weighted by Crippen LogP contribution is 2.27. The molecule has 2 aliphatic rings. The van der Waals surface area contributed by atoms with Crippen LogP contribution in [0.4, 0.5) is 0 Å². The molecule has 0 saturated carbocycles. The van der Waals surface area contributed by atoms with E-state index in [4.69, 9.17) is 4.98 Å². The van der Waals surface area contributed by atoms with Crippen molar-refractivity contribution in [2.75, 3.05) is 13.1 Å². The number of hydrogen-bond acceptors (Lipinski definition) is 3. The van der Waals surface area contributed by atoms with Gasteiger partial charge in [-0.1, -0.05) is 25.5 Å². The van der Waals surface area contributed by atoms with E-state index < -0.39 is 0 Å². The molecular weight excluding hydrogens is 312 g/mol. The van der Waals surface area contributed by atoms with Gasteiger partial charge in [0.1, 0.15) is 5.82 Å². The van der Waals surface area contributed by atoms with E-state index >= 15 is 0 Å². The summed E-state index contributed by atoms with van der Waals surface area (Å²) in [6.45, 7) is 7.95. The highest BCUT2D eigenvalue weighted by atomic mass is 16.2. The third-order valence-electron chi connectivity index (χ3n) is 5.82. The van der Waals surface area contributed by atoms with Crippen LogP contribution in [0.5, 0.6) is 0 Å². The van der Waals surface area contributed by atoms with Crippen LogP contribution in [0.15, 0.2) is 24.3 Å². The summed E-state index contributed by atoms with van der Waals surface area (Å²) in [5, 5.41) is 0. The molecule has 2 atom stereocenters. The van der Waals surface area contributed by atoms with Crippen LogP contribution in [-0.4, -0.2) is 50.4 Å². The predicted molar refractivity (Wildman–Crippen MR) is 99.2 cm³/mol. The second-order valence-corrected chi connectivity index (χ2v) is 7.46. The average Bonchev–Trinajstić information content (AvgIpc) is 3.22. The summed E-state index contributed by atoms with van der Waals surface area (Å²) in [6.07, 6.45) is 4.60. The predicted octanol–water partition coefficient (Wildman–Crippen LogP) is 3.03. The van der Waals surface area contributed by atoms with Crippen LogP contribution in [0, 0.1) is 0 Å². The zero-order valence-electron chi connectivity index (χ0n) is 15.3. The molecule has 5 heteroatoms. The molecule has 2 saturated heterocycles. The van der Waals surface area contributed by atoms with Gasteiger partial charge in [-0.25, -0.2) is 4.98 Å². The van der Waals surface area contributed by atoms with E-state index in [-0.39, 0.29) is 6.04 Å². The van der Waals surface area contributed by atoms with Gasteiger partial charge in [-0.05, 0) is 38.3 Å². The van der Waals surface area contributed by atoms with Gasteiger partial charge in [-0.2, -0.15) is 0 Å². The number of unbranched alkanes of at least 4 members (excludes halogenated alkanes) is 1. The Morgan fingerprint density at radius 3 is 2.96 bits per heavy atom. The molecule has 0 bridgehead atoms. The maximum atomic E-state index is 12.7. The van der Waals surface area contributed by atoms with Crippen LogP contribution >= 0.6 is 0 Å². The lowest BCUT2D eigenvalue weighted by atomic mass is 10.1. The van der Waals surface area contributed by atoms with Crippen molar-refractivity contribution in [2.24, 2.45) is 0 Å². The Morgan fingerprint density at radius 1 is 1.28 bits per heavy atom. The van der Waals surface area contributed by atoms with Crippen molar-refractivity contribution in [3.63, 3.8) is 0 Å². The molecule has 0 radical (unpaired) electrons. The number of aromatic nitrogens is 2. The molecule has 0 unspecified atom stereocenters. The van der Waals surface area contributed by atoms with Crippen LogP contribution in [0.1, 0.15) is 45.4 Å². The topological polar surface area (TPSA) is 41.4 Å². The van der Waals surface area contributed by atoms with Gasteiger partial charge < -0.3 is 9.47 Å². The first-order chi connectivity index (χ1) is 12.2. The third-order valence-corrected chi connectivity index (χ3v) is 5.82. The first kappa shape index (κ1) is 16.6. The Labute approximate surface area is 149 Å². The fourth-order valence-corrected chi connectivity index (χ4v) is 4.34. The number of carbonyl (C=O) groups excluding carboxylic acids is 1. The van der Waals surface area contributed by atoms with Crippen molar-refractivity contribution in [2.45, 2.75) is 64.7 Å². The van der Waals surface area contributed by atoms with Crippen molar-refractivity contribution < 1.29 is 4.79 Å². The summed E-state index contributed by atoms with van der Waals surface area (Å²) in [4.78, 5) is 22.0. The fraction of sp³-hybridized carbons (Fsp3) is 0.600. The number of nitrogens with zero attached hydrogens (tertiary/aromatic N) is 4. The summed E-state index contributed by atoms with van der Waals surface area (Å²) in [7, 11) is 0. The van der Waals surface area contributed by atoms with Crippen LogP contribution in [0.3, 0.4) is 0 Å². The molecule has 4 rings (SSSR count). The number of rotatable bonds is 5. The molecular formula is C20H28N4O. The number of carbonyl (C=O) groups is 1. The second-order valence-electron chi connectivity index (χ2n) is 7.46. The standard InChI is InChI=1S/C20H28N4O/c1-3-4-11-24-18-10-6-5-9-17(18)21-19(24)14-22-13-16-8-7-12-23(16)20(25)15(22)2/h5-6,9-10,15-16H,3-4,7-8,11-14H2,1-2H3/t15-,16-/m1/s1. The molecule has 1 aromatic carbocycles. The van der Waals surface area contributed by atoms with Gasteiger partial charge in [0.05, 0.1) is 23.6 Å². The minimum absolute atomic E-state index is 0.0474. The largest absolute Gasteiger partial charge is 0.337 e. The number of amides is 1. The quantitative estimate of drug-likeness (QED) is 0.840. The molecule has 1 amide bonds. The Kier molecular flexibility index (Phi) is 4.50. The summed E-state index contributed by atoms with van der Waals surface area (Å²) in [5.74, 6) is 1.39. The number of fused-ring (bicyclic) bond motifs is 2. The zero-order valence-corrected chi connectivity index (χ0v) is 15.3. The van der Waals surface area contributed by atoms with E-state index in [2.05, 4.69) is 46.4 Å². The smallest absolute Gasteiger partial charge is 0.239 e. The van der Waals surface area contributed by atoms with Gasteiger partial charge >= 0.3 is 0 Å². The molecule has 0 aliphatic carbocycles. The number of piperazine rings is 1. The average molecular weight is 340 g/mol. The number of imidazole rings is 1. The summed E-state index contributed by atoms with van der Waals surface area (Å²) < 4.78 is 2.36. The van der Waals surface area contributed by atoms with Gasteiger partial charge in [-0.15, -0.1) is 0 Å². The highest BCUT2D eigenvalue weighted by molar-refractivity contribution is 5.83. The molecule has 0 N–H and O–H groups in total. The zero-order chi connectivity index (χ0) is 17.4. The van der Waals surface area contributed by atoms with Crippen molar-refractivity contribution in [3.8, 4) is 0 Å². The number of para-hydroxylation sites is 2. The highest BCUT2D eigenvalue weighted by Gasteiger charge is 2.40. The maximum Gasteiger partial charge on any atom is 0.239 e. The second kappa shape index (κ2) is 6.79. The van der Waals surface area contributed by atoms with Crippen molar-refractivity contribution in [1.82, 2.24) is 19.4 Å². The Balaban J connectivity index is 1.62. The minimum Gasteiger partial charge on any atom is -0.337 e.